The van der Waals surface area contributed by atoms with Crippen LogP contribution in [0.25, 0.3) is 6.08 Å². The molecule has 0 aliphatic carbocycles. The van der Waals surface area contributed by atoms with E-state index < -0.39 is 0 Å². The van der Waals surface area contributed by atoms with Crippen LogP contribution in [0.1, 0.15) is 5.76 Å². The summed E-state index contributed by atoms with van der Waals surface area (Å²) < 4.78 is 5.06. The van der Waals surface area contributed by atoms with Crippen molar-refractivity contribution >= 4 is 17.7 Å². The summed E-state index contributed by atoms with van der Waals surface area (Å²) in [7, 11) is 0. The molecule has 0 atom stereocenters. The Bertz CT molecular complexity index is 489. The minimum Gasteiger partial charge on any atom is -0.465 e. The van der Waals surface area contributed by atoms with Crippen molar-refractivity contribution in [2.45, 2.75) is 0 Å². The average Bonchev–Trinajstić information content (AvgIpc) is 2.88. The van der Waals surface area contributed by atoms with Crippen molar-refractivity contribution in [3.8, 4) is 0 Å². The van der Waals surface area contributed by atoms with Crippen molar-refractivity contribution in [1.29, 1.82) is 0 Å². The number of anilines is 1. The summed E-state index contributed by atoms with van der Waals surface area (Å²) >= 11 is 0. The van der Waals surface area contributed by atoms with E-state index in [0.717, 1.165) is 5.69 Å². The van der Waals surface area contributed by atoms with Gasteiger partial charge in [0.15, 0.2) is 0 Å². The van der Waals surface area contributed by atoms with Crippen LogP contribution < -0.4 is 10.9 Å². The molecular formula is C13H12N2O2. The zero-order chi connectivity index (χ0) is 11.9. The number of amides is 1. The third kappa shape index (κ3) is 3.53. The number of carbonyl (C=O) groups excluding carboxylic acids is 1. The highest BCUT2D eigenvalue weighted by Crippen LogP contribution is 2.03. The molecule has 4 nitrogen and oxygen atoms in total. The van der Waals surface area contributed by atoms with Crippen molar-refractivity contribution in [2.75, 3.05) is 5.43 Å². The highest BCUT2D eigenvalue weighted by Gasteiger charge is 1.95. The van der Waals surface area contributed by atoms with Crippen LogP contribution in [0.2, 0.25) is 0 Å². The Morgan fingerprint density at radius 1 is 1.12 bits per heavy atom. The first-order chi connectivity index (χ1) is 8.34. The summed E-state index contributed by atoms with van der Waals surface area (Å²) in [5, 5.41) is 0. The van der Waals surface area contributed by atoms with Gasteiger partial charge in [0.2, 0.25) is 0 Å². The van der Waals surface area contributed by atoms with Crippen LogP contribution >= 0.6 is 0 Å². The quantitative estimate of drug-likeness (QED) is 0.624. The van der Waals surface area contributed by atoms with Crippen molar-refractivity contribution in [1.82, 2.24) is 5.43 Å². The number of hydrogen-bond donors (Lipinski definition) is 2. The fourth-order valence-corrected chi connectivity index (χ4v) is 1.24. The van der Waals surface area contributed by atoms with Crippen LogP contribution in [0.3, 0.4) is 0 Å². The smallest absolute Gasteiger partial charge is 0.262 e. The second-order valence-corrected chi connectivity index (χ2v) is 3.33. The van der Waals surface area contributed by atoms with E-state index in [1.165, 1.54) is 6.08 Å². The molecule has 1 aromatic carbocycles. The largest absolute Gasteiger partial charge is 0.465 e. The molecule has 2 rings (SSSR count). The van der Waals surface area contributed by atoms with Gasteiger partial charge >= 0.3 is 0 Å². The molecule has 17 heavy (non-hydrogen) atoms. The predicted molar refractivity (Wildman–Crippen MR) is 65.9 cm³/mol. The van der Waals surface area contributed by atoms with Crippen molar-refractivity contribution in [3.63, 3.8) is 0 Å². The molecule has 0 aliphatic rings. The molecule has 0 fully saturated rings. The Morgan fingerprint density at radius 2 is 1.94 bits per heavy atom. The first-order valence-electron chi connectivity index (χ1n) is 5.17. The van der Waals surface area contributed by atoms with E-state index >= 15 is 0 Å². The summed E-state index contributed by atoms with van der Waals surface area (Å²) in [4.78, 5) is 11.4. The zero-order valence-corrected chi connectivity index (χ0v) is 9.09. The van der Waals surface area contributed by atoms with Gasteiger partial charge < -0.3 is 4.42 Å². The zero-order valence-electron chi connectivity index (χ0n) is 9.09. The van der Waals surface area contributed by atoms with Crippen molar-refractivity contribution < 1.29 is 9.21 Å². The molecule has 1 heterocycles. The molecule has 0 saturated carbocycles. The van der Waals surface area contributed by atoms with Gasteiger partial charge in [-0.25, -0.2) is 0 Å². The molecule has 0 radical (unpaired) electrons. The Kier molecular flexibility index (Phi) is 3.60. The summed E-state index contributed by atoms with van der Waals surface area (Å²) in [6.45, 7) is 0. The van der Waals surface area contributed by atoms with E-state index in [2.05, 4.69) is 10.9 Å². The number of para-hydroxylation sites is 1. The lowest BCUT2D eigenvalue weighted by Gasteiger charge is -2.05. The van der Waals surface area contributed by atoms with Crippen molar-refractivity contribution in [2.24, 2.45) is 0 Å². The van der Waals surface area contributed by atoms with Gasteiger partial charge in [-0.3, -0.25) is 15.6 Å². The molecule has 0 unspecified atom stereocenters. The average molecular weight is 228 g/mol. The number of benzene rings is 1. The summed E-state index contributed by atoms with van der Waals surface area (Å²) in [5.41, 5.74) is 6.16. The molecule has 0 spiro atoms. The topological polar surface area (TPSA) is 54.3 Å². The Balaban J connectivity index is 1.82. The van der Waals surface area contributed by atoms with E-state index in [1.807, 2.05) is 30.3 Å². The number of nitrogens with one attached hydrogen (secondary N) is 2. The minimum absolute atomic E-state index is 0.245. The fourth-order valence-electron chi connectivity index (χ4n) is 1.24. The van der Waals surface area contributed by atoms with Gasteiger partial charge in [-0.15, -0.1) is 0 Å². The van der Waals surface area contributed by atoms with Crippen LogP contribution in [0.5, 0.6) is 0 Å². The number of hydrazine groups is 1. The number of carbonyl (C=O) groups is 1. The molecular weight excluding hydrogens is 216 g/mol. The lowest BCUT2D eigenvalue weighted by atomic mass is 10.3. The van der Waals surface area contributed by atoms with E-state index in [-0.39, 0.29) is 5.91 Å². The third-order valence-electron chi connectivity index (χ3n) is 2.05. The van der Waals surface area contributed by atoms with E-state index in [4.69, 9.17) is 4.42 Å². The van der Waals surface area contributed by atoms with Crippen molar-refractivity contribution in [3.05, 3.63) is 60.6 Å². The van der Waals surface area contributed by atoms with Crippen LogP contribution in [0, 0.1) is 0 Å². The standard InChI is InChI=1S/C13H12N2O2/c16-13(9-8-12-7-4-10-17-12)15-14-11-5-2-1-3-6-11/h1-10,14H,(H,15,16)/b9-8+. The SMILES string of the molecule is O=C(/C=C/c1ccco1)NNc1ccccc1. The lowest BCUT2D eigenvalue weighted by molar-refractivity contribution is -0.116. The first-order valence-corrected chi connectivity index (χ1v) is 5.17. The molecule has 0 saturated heterocycles. The number of rotatable bonds is 4. The predicted octanol–water partition coefficient (Wildman–Crippen LogP) is 2.44. The minimum atomic E-state index is -0.245. The second-order valence-electron chi connectivity index (χ2n) is 3.33. The molecule has 86 valence electrons. The maximum Gasteiger partial charge on any atom is 0.262 e. The van der Waals surface area contributed by atoms with Gasteiger partial charge in [0.05, 0.1) is 12.0 Å². The van der Waals surface area contributed by atoms with E-state index in [9.17, 15) is 4.79 Å². The van der Waals surface area contributed by atoms with Crippen LogP contribution in [-0.4, -0.2) is 5.91 Å². The highest BCUT2D eigenvalue weighted by atomic mass is 16.3. The van der Waals surface area contributed by atoms with Gasteiger partial charge in [-0.2, -0.15) is 0 Å². The maximum absolute atomic E-state index is 11.4. The second kappa shape index (κ2) is 5.55. The molecule has 2 N–H and O–H groups in total. The Hall–Kier alpha value is -2.49. The third-order valence-corrected chi connectivity index (χ3v) is 2.05. The maximum atomic E-state index is 11.4. The van der Waals surface area contributed by atoms with Gasteiger partial charge in [-0.1, -0.05) is 18.2 Å². The summed E-state index contributed by atoms with van der Waals surface area (Å²) in [6.07, 6.45) is 4.55. The Morgan fingerprint density at radius 3 is 2.65 bits per heavy atom. The Labute approximate surface area is 98.9 Å². The monoisotopic (exact) mass is 228 g/mol. The van der Waals surface area contributed by atoms with Gasteiger partial charge in [0.1, 0.15) is 5.76 Å². The molecule has 1 amide bonds. The first kappa shape index (κ1) is 11.0. The lowest BCUT2D eigenvalue weighted by Crippen LogP contribution is -2.27. The van der Waals surface area contributed by atoms with E-state index in [1.54, 1.807) is 24.5 Å². The number of hydrogen-bond acceptors (Lipinski definition) is 3. The molecule has 0 aliphatic heterocycles. The summed E-state index contributed by atoms with van der Waals surface area (Å²) in [5.74, 6) is 0.394. The van der Waals surface area contributed by atoms with E-state index in [0.29, 0.717) is 5.76 Å². The van der Waals surface area contributed by atoms with Gasteiger partial charge in [0, 0.05) is 6.08 Å². The van der Waals surface area contributed by atoms with Crippen LogP contribution in [0.4, 0.5) is 5.69 Å². The molecule has 0 bridgehead atoms. The highest BCUT2D eigenvalue weighted by molar-refractivity contribution is 5.92. The normalized spacial score (nSPS) is 10.4. The van der Waals surface area contributed by atoms with Gasteiger partial charge in [0.25, 0.3) is 5.91 Å². The summed E-state index contributed by atoms with van der Waals surface area (Å²) in [6, 6.07) is 12.9. The van der Waals surface area contributed by atoms with Crippen LogP contribution in [-0.2, 0) is 4.79 Å². The molecule has 4 heteroatoms. The fraction of sp³-hybridized carbons (Fsp3) is 0. The molecule has 1 aromatic heterocycles. The van der Waals surface area contributed by atoms with Crippen LogP contribution in [0.15, 0.2) is 59.2 Å². The molecule has 2 aromatic rings. The number of furan rings is 1. The van der Waals surface area contributed by atoms with Gasteiger partial charge in [-0.05, 0) is 30.3 Å².